The second kappa shape index (κ2) is 6.26. The predicted molar refractivity (Wildman–Crippen MR) is 74.7 cm³/mol. The number of amides is 1. The van der Waals surface area contributed by atoms with Gasteiger partial charge in [-0.05, 0) is 25.8 Å². The maximum Gasteiger partial charge on any atom is 0.313 e. The van der Waals surface area contributed by atoms with Gasteiger partial charge in [0.05, 0.1) is 6.61 Å². The Morgan fingerprint density at radius 3 is 2.86 bits per heavy atom. The molecule has 0 aromatic carbocycles. The molecule has 7 nitrogen and oxygen atoms in total. The van der Waals surface area contributed by atoms with Crippen LogP contribution in [-0.4, -0.2) is 58.5 Å². The van der Waals surface area contributed by atoms with Gasteiger partial charge in [0.1, 0.15) is 11.5 Å². The molecule has 0 aliphatic carbocycles. The number of carboxylic acids is 1. The van der Waals surface area contributed by atoms with Crippen molar-refractivity contribution in [2.45, 2.75) is 25.8 Å². The van der Waals surface area contributed by atoms with Crippen molar-refractivity contribution < 1.29 is 19.4 Å². The first kappa shape index (κ1) is 15.5. The van der Waals surface area contributed by atoms with Crippen molar-refractivity contribution in [3.63, 3.8) is 0 Å². The van der Waals surface area contributed by atoms with E-state index in [9.17, 15) is 14.7 Å². The van der Waals surface area contributed by atoms with Crippen LogP contribution in [0.5, 0.6) is 0 Å². The summed E-state index contributed by atoms with van der Waals surface area (Å²) in [5, 5.41) is 13.6. The first-order valence-electron chi connectivity index (χ1n) is 7.00. The minimum Gasteiger partial charge on any atom is -0.481 e. The van der Waals surface area contributed by atoms with Gasteiger partial charge < -0.3 is 14.7 Å². The molecule has 21 heavy (non-hydrogen) atoms. The summed E-state index contributed by atoms with van der Waals surface area (Å²) in [5.41, 5.74) is -1.01. The molecule has 1 aliphatic heterocycles. The van der Waals surface area contributed by atoms with E-state index in [4.69, 9.17) is 4.74 Å². The molecule has 2 atom stereocenters. The fraction of sp³-hybridized carbons (Fsp3) is 0.643. The Morgan fingerprint density at radius 2 is 2.29 bits per heavy atom. The number of hydrogen-bond acceptors (Lipinski definition) is 4. The van der Waals surface area contributed by atoms with E-state index in [1.807, 2.05) is 0 Å². The molecule has 1 aliphatic rings. The van der Waals surface area contributed by atoms with Gasteiger partial charge in [0.15, 0.2) is 0 Å². The number of nitrogens with zero attached hydrogens (tertiary/aromatic N) is 3. The zero-order valence-electron chi connectivity index (χ0n) is 12.4. The molecule has 2 heterocycles. The molecule has 116 valence electrons. The zero-order chi connectivity index (χ0) is 15.5. The molecule has 1 aromatic rings. The monoisotopic (exact) mass is 295 g/mol. The topological polar surface area (TPSA) is 84.7 Å². The fourth-order valence-corrected chi connectivity index (χ4v) is 2.84. The number of likely N-dealkylation sites (tertiary alicyclic amines) is 1. The van der Waals surface area contributed by atoms with Gasteiger partial charge in [0, 0.05) is 32.6 Å². The molecular formula is C14H21N3O4. The molecule has 2 rings (SSSR count). The lowest BCUT2D eigenvalue weighted by Gasteiger charge is -2.40. The Labute approximate surface area is 123 Å². The number of carbonyl (C=O) groups excluding carboxylic acids is 1. The summed E-state index contributed by atoms with van der Waals surface area (Å²) in [6.07, 6.45) is 4.53. The van der Waals surface area contributed by atoms with Crippen LogP contribution in [0.2, 0.25) is 0 Å². The first-order valence-corrected chi connectivity index (χ1v) is 7.00. The summed E-state index contributed by atoms with van der Waals surface area (Å²) in [4.78, 5) is 25.8. The van der Waals surface area contributed by atoms with Crippen molar-refractivity contribution in [1.29, 1.82) is 0 Å². The van der Waals surface area contributed by atoms with Crippen molar-refractivity contribution in [2.75, 3.05) is 26.8 Å². The van der Waals surface area contributed by atoms with E-state index >= 15 is 0 Å². The highest BCUT2D eigenvalue weighted by Crippen LogP contribution is 2.31. The van der Waals surface area contributed by atoms with Gasteiger partial charge >= 0.3 is 5.97 Å². The average Bonchev–Trinajstić information content (AvgIpc) is 3.00. The minimum atomic E-state index is -1.01. The quantitative estimate of drug-likeness (QED) is 0.868. The van der Waals surface area contributed by atoms with Gasteiger partial charge in [-0.15, -0.1) is 0 Å². The Kier molecular flexibility index (Phi) is 4.62. The van der Waals surface area contributed by atoms with Gasteiger partial charge in [0.2, 0.25) is 5.91 Å². The van der Waals surface area contributed by atoms with Gasteiger partial charge in [-0.2, -0.15) is 5.10 Å². The SMILES string of the molecule is COC[C@]1(C(=O)O)CCCN(C(=O)[C@@H](C)n2cccn2)C1. The lowest BCUT2D eigenvalue weighted by molar-refractivity contribution is -0.159. The summed E-state index contributed by atoms with van der Waals surface area (Å²) < 4.78 is 6.65. The molecule has 0 spiro atoms. The van der Waals surface area contributed by atoms with Crippen LogP contribution in [0.1, 0.15) is 25.8 Å². The second-order valence-electron chi connectivity index (χ2n) is 5.54. The molecule has 1 N–H and O–H groups in total. The van der Waals surface area contributed by atoms with Crippen LogP contribution in [0, 0.1) is 5.41 Å². The lowest BCUT2D eigenvalue weighted by Crippen LogP contribution is -2.53. The summed E-state index contributed by atoms with van der Waals surface area (Å²) in [5.74, 6) is -1.02. The third kappa shape index (κ3) is 3.07. The maximum atomic E-state index is 12.5. The fourth-order valence-electron chi connectivity index (χ4n) is 2.84. The number of hydrogen-bond donors (Lipinski definition) is 1. The summed E-state index contributed by atoms with van der Waals surface area (Å²) in [7, 11) is 1.48. The van der Waals surface area contributed by atoms with Crippen LogP contribution in [0.15, 0.2) is 18.5 Å². The largest absolute Gasteiger partial charge is 0.481 e. The zero-order valence-corrected chi connectivity index (χ0v) is 12.4. The minimum absolute atomic E-state index is 0.111. The summed E-state index contributed by atoms with van der Waals surface area (Å²) >= 11 is 0. The van der Waals surface area contributed by atoms with Crippen LogP contribution in [0.25, 0.3) is 0 Å². The number of aliphatic carboxylic acids is 1. The first-order chi connectivity index (χ1) is 10.00. The Morgan fingerprint density at radius 1 is 1.52 bits per heavy atom. The third-order valence-corrected chi connectivity index (χ3v) is 4.04. The smallest absolute Gasteiger partial charge is 0.313 e. The van der Waals surface area contributed by atoms with Gasteiger partial charge in [-0.25, -0.2) is 0 Å². The molecule has 7 heteroatoms. The average molecular weight is 295 g/mol. The number of carbonyl (C=O) groups is 2. The van der Waals surface area contributed by atoms with Crippen molar-refractivity contribution in [3.05, 3.63) is 18.5 Å². The third-order valence-electron chi connectivity index (χ3n) is 4.04. The standard InChI is InChI=1S/C14H21N3O4/c1-11(17-8-4-6-15-17)12(18)16-7-3-5-14(9-16,10-21-2)13(19)20/h4,6,8,11H,3,5,7,9-10H2,1-2H3,(H,19,20)/t11-,14+/m1/s1. The van der Waals surface area contributed by atoms with E-state index in [1.165, 1.54) is 7.11 Å². The number of aromatic nitrogens is 2. The highest BCUT2D eigenvalue weighted by atomic mass is 16.5. The highest BCUT2D eigenvalue weighted by Gasteiger charge is 2.44. The van der Waals surface area contributed by atoms with Crippen LogP contribution < -0.4 is 0 Å². The second-order valence-corrected chi connectivity index (χ2v) is 5.54. The molecule has 1 fully saturated rings. The Hall–Kier alpha value is -1.89. The summed E-state index contributed by atoms with van der Waals surface area (Å²) in [6, 6.07) is 1.32. The molecular weight excluding hydrogens is 274 g/mol. The van der Waals surface area contributed by atoms with Crippen LogP contribution in [-0.2, 0) is 14.3 Å². The van der Waals surface area contributed by atoms with E-state index in [-0.39, 0.29) is 19.1 Å². The van der Waals surface area contributed by atoms with Crippen LogP contribution in [0.3, 0.4) is 0 Å². The van der Waals surface area contributed by atoms with E-state index in [0.717, 1.165) is 0 Å². The number of methoxy groups -OCH3 is 1. The van der Waals surface area contributed by atoms with E-state index < -0.39 is 17.4 Å². The summed E-state index contributed by atoms with van der Waals surface area (Å²) in [6.45, 7) is 2.63. The van der Waals surface area contributed by atoms with Gasteiger partial charge in [-0.1, -0.05) is 0 Å². The number of ether oxygens (including phenoxy) is 1. The number of carboxylic acid groups (broad SMARTS) is 1. The van der Waals surface area contributed by atoms with Gasteiger partial charge in [0.25, 0.3) is 0 Å². The molecule has 0 saturated carbocycles. The molecule has 1 amide bonds. The van der Waals surface area contributed by atoms with Crippen molar-refractivity contribution in [1.82, 2.24) is 14.7 Å². The molecule has 1 saturated heterocycles. The number of rotatable bonds is 5. The van der Waals surface area contributed by atoms with E-state index in [0.29, 0.717) is 19.4 Å². The highest BCUT2D eigenvalue weighted by molar-refractivity contribution is 5.82. The van der Waals surface area contributed by atoms with Crippen molar-refractivity contribution >= 4 is 11.9 Å². The maximum absolute atomic E-state index is 12.5. The molecule has 1 aromatic heterocycles. The Balaban J connectivity index is 2.13. The number of piperidine rings is 1. The van der Waals surface area contributed by atoms with E-state index in [2.05, 4.69) is 5.10 Å². The van der Waals surface area contributed by atoms with Crippen molar-refractivity contribution in [3.8, 4) is 0 Å². The van der Waals surface area contributed by atoms with Gasteiger partial charge in [-0.3, -0.25) is 14.3 Å². The van der Waals surface area contributed by atoms with E-state index in [1.54, 1.807) is 35.0 Å². The Bertz CT molecular complexity index is 498. The molecule has 0 bridgehead atoms. The predicted octanol–water partition coefficient (Wildman–Crippen LogP) is 0.784. The van der Waals surface area contributed by atoms with Crippen LogP contribution >= 0.6 is 0 Å². The van der Waals surface area contributed by atoms with Crippen LogP contribution in [0.4, 0.5) is 0 Å². The molecule has 0 radical (unpaired) electrons. The normalized spacial score (nSPS) is 23.8. The van der Waals surface area contributed by atoms with Crippen molar-refractivity contribution in [2.24, 2.45) is 5.41 Å². The molecule has 0 unspecified atom stereocenters. The lowest BCUT2D eigenvalue weighted by atomic mass is 9.80.